The maximum Gasteiger partial charge on any atom is 0.251 e. The van der Waals surface area contributed by atoms with Crippen LogP contribution in [0.15, 0.2) is 66.1 Å². The molecule has 1 saturated heterocycles. The van der Waals surface area contributed by atoms with E-state index in [2.05, 4.69) is 17.2 Å². The summed E-state index contributed by atoms with van der Waals surface area (Å²) >= 11 is 0. The molecule has 2 unspecified atom stereocenters. The fourth-order valence-corrected chi connectivity index (χ4v) is 5.89. The highest BCUT2D eigenvalue weighted by Gasteiger charge is 2.58. The minimum Gasteiger partial charge on any atom is -0.496 e. The van der Waals surface area contributed by atoms with Gasteiger partial charge in [0, 0.05) is 31.2 Å². The van der Waals surface area contributed by atoms with Crippen LogP contribution in [0, 0.1) is 11.8 Å². The third-order valence-electron chi connectivity index (χ3n) is 6.28. The van der Waals surface area contributed by atoms with Crippen molar-refractivity contribution >= 4 is 21.8 Å². The second kappa shape index (κ2) is 9.36. The molecule has 33 heavy (non-hydrogen) atoms. The SMILES string of the molecule is C=CC(=O)NC1C2CN(S(=O)(=O)c3ccc(C(=O)NCCc4ccccc4OC)cc3)CC21. The topological polar surface area (TPSA) is 105 Å². The molecule has 2 N–H and O–H groups in total. The lowest BCUT2D eigenvalue weighted by Gasteiger charge is -2.20. The van der Waals surface area contributed by atoms with Crippen LogP contribution in [-0.2, 0) is 21.2 Å². The van der Waals surface area contributed by atoms with Gasteiger partial charge in [0.05, 0.1) is 12.0 Å². The average molecular weight is 470 g/mol. The van der Waals surface area contributed by atoms with Crippen molar-refractivity contribution in [1.82, 2.24) is 14.9 Å². The van der Waals surface area contributed by atoms with Gasteiger partial charge in [-0.05, 0) is 60.2 Å². The third-order valence-corrected chi connectivity index (χ3v) is 8.13. The summed E-state index contributed by atoms with van der Waals surface area (Å²) in [5.74, 6) is 0.543. The van der Waals surface area contributed by atoms with E-state index in [0.29, 0.717) is 31.6 Å². The molecule has 2 aliphatic rings. The summed E-state index contributed by atoms with van der Waals surface area (Å²) in [6.07, 6.45) is 1.84. The number of nitrogens with zero attached hydrogens (tertiary/aromatic N) is 1. The van der Waals surface area contributed by atoms with Crippen molar-refractivity contribution in [2.45, 2.75) is 17.4 Å². The molecular weight excluding hydrogens is 442 g/mol. The Balaban J connectivity index is 1.31. The number of hydrogen-bond acceptors (Lipinski definition) is 5. The molecule has 0 aromatic heterocycles. The zero-order chi connectivity index (χ0) is 23.6. The van der Waals surface area contributed by atoms with Crippen LogP contribution in [0.3, 0.4) is 0 Å². The number of para-hydroxylation sites is 1. The minimum absolute atomic E-state index is 0.0175. The van der Waals surface area contributed by atoms with E-state index >= 15 is 0 Å². The first kappa shape index (κ1) is 23.0. The Bertz CT molecular complexity index is 1150. The summed E-state index contributed by atoms with van der Waals surface area (Å²) in [6.45, 7) is 4.61. The van der Waals surface area contributed by atoms with E-state index in [9.17, 15) is 18.0 Å². The molecule has 2 amide bonds. The van der Waals surface area contributed by atoms with Crippen molar-refractivity contribution in [2.75, 3.05) is 26.7 Å². The molecule has 2 atom stereocenters. The lowest BCUT2D eigenvalue weighted by molar-refractivity contribution is -0.116. The van der Waals surface area contributed by atoms with Crippen LogP contribution in [0.5, 0.6) is 5.75 Å². The van der Waals surface area contributed by atoms with E-state index in [1.807, 2.05) is 24.3 Å². The summed E-state index contributed by atoms with van der Waals surface area (Å²) in [4.78, 5) is 24.1. The van der Waals surface area contributed by atoms with Gasteiger partial charge < -0.3 is 15.4 Å². The lowest BCUT2D eigenvalue weighted by Crippen LogP contribution is -2.37. The van der Waals surface area contributed by atoms with E-state index in [-0.39, 0.29) is 34.6 Å². The second-order valence-electron chi connectivity index (χ2n) is 8.23. The van der Waals surface area contributed by atoms with Crippen molar-refractivity contribution in [3.63, 3.8) is 0 Å². The number of carbonyl (C=O) groups excluding carboxylic acids is 2. The van der Waals surface area contributed by atoms with Gasteiger partial charge in [0.1, 0.15) is 5.75 Å². The van der Waals surface area contributed by atoms with E-state index in [4.69, 9.17) is 4.74 Å². The molecule has 0 spiro atoms. The van der Waals surface area contributed by atoms with Gasteiger partial charge in [0.2, 0.25) is 15.9 Å². The second-order valence-corrected chi connectivity index (χ2v) is 10.2. The Hall–Kier alpha value is -3.17. The fraction of sp³-hybridized carbons (Fsp3) is 0.333. The van der Waals surface area contributed by atoms with E-state index < -0.39 is 10.0 Å². The molecule has 1 aliphatic heterocycles. The molecule has 0 radical (unpaired) electrons. The van der Waals surface area contributed by atoms with Crippen LogP contribution >= 0.6 is 0 Å². The van der Waals surface area contributed by atoms with Gasteiger partial charge in [-0.15, -0.1) is 0 Å². The first-order chi connectivity index (χ1) is 15.8. The average Bonchev–Trinajstić information content (AvgIpc) is 3.25. The molecule has 4 rings (SSSR count). The normalized spacial score (nSPS) is 21.7. The van der Waals surface area contributed by atoms with Crippen LogP contribution in [0.1, 0.15) is 15.9 Å². The number of sulfonamides is 1. The zero-order valence-corrected chi connectivity index (χ0v) is 19.2. The first-order valence-corrected chi connectivity index (χ1v) is 12.2. The highest BCUT2D eigenvalue weighted by Crippen LogP contribution is 2.47. The van der Waals surface area contributed by atoms with Gasteiger partial charge in [-0.3, -0.25) is 9.59 Å². The lowest BCUT2D eigenvalue weighted by atomic mass is 10.1. The van der Waals surface area contributed by atoms with E-state index in [1.165, 1.54) is 34.6 Å². The zero-order valence-electron chi connectivity index (χ0n) is 18.4. The van der Waals surface area contributed by atoms with Gasteiger partial charge in [-0.2, -0.15) is 4.31 Å². The standard InChI is InChI=1S/C24H27N3O5S/c1-3-22(28)26-23-19-14-27(15-20(19)23)33(30,31)18-10-8-17(9-11-18)24(29)25-13-12-16-6-4-5-7-21(16)32-2/h3-11,19-20,23H,1,12-15H2,2H3,(H,25,29)(H,26,28). The predicted molar refractivity (Wildman–Crippen MR) is 123 cm³/mol. The number of rotatable bonds is 9. The molecule has 2 fully saturated rings. The molecule has 1 saturated carbocycles. The highest BCUT2D eigenvalue weighted by molar-refractivity contribution is 7.89. The van der Waals surface area contributed by atoms with Crippen LogP contribution in [0.4, 0.5) is 0 Å². The largest absolute Gasteiger partial charge is 0.496 e. The summed E-state index contributed by atoms with van der Waals surface area (Å²) in [6, 6.07) is 13.6. The molecule has 0 bridgehead atoms. The van der Waals surface area contributed by atoms with Gasteiger partial charge >= 0.3 is 0 Å². The van der Waals surface area contributed by atoms with E-state index in [1.54, 1.807) is 7.11 Å². The van der Waals surface area contributed by atoms with Crippen molar-refractivity contribution < 1.29 is 22.7 Å². The van der Waals surface area contributed by atoms with Crippen molar-refractivity contribution in [2.24, 2.45) is 11.8 Å². The van der Waals surface area contributed by atoms with Crippen molar-refractivity contribution in [3.8, 4) is 5.75 Å². The minimum atomic E-state index is -3.65. The van der Waals surface area contributed by atoms with Crippen LogP contribution in [-0.4, -0.2) is 57.3 Å². The van der Waals surface area contributed by atoms with Gasteiger partial charge in [-0.25, -0.2) is 8.42 Å². The summed E-state index contributed by atoms with van der Waals surface area (Å²) in [5, 5.41) is 5.69. The van der Waals surface area contributed by atoms with Gasteiger partial charge in [0.25, 0.3) is 5.91 Å². The number of piperidine rings is 1. The summed E-state index contributed by atoms with van der Waals surface area (Å²) in [5.41, 5.74) is 1.39. The van der Waals surface area contributed by atoms with Crippen molar-refractivity contribution in [3.05, 3.63) is 72.3 Å². The number of hydrogen-bond donors (Lipinski definition) is 2. The Morgan fingerprint density at radius 3 is 2.42 bits per heavy atom. The van der Waals surface area contributed by atoms with Crippen LogP contribution < -0.4 is 15.4 Å². The van der Waals surface area contributed by atoms with Crippen LogP contribution in [0.2, 0.25) is 0 Å². The van der Waals surface area contributed by atoms with Gasteiger partial charge in [-0.1, -0.05) is 24.8 Å². The Morgan fingerprint density at radius 1 is 1.12 bits per heavy atom. The Labute approximate surface area is 193 Å². The molecule has 8 nitrogen and oxygen atoms in total. The number of methoxy groups -OCH3 is 1. The first-order valence-electron chi connectivity index (χ1n) is 10.8. The maximum atomic E-state index is 13.0. The molecule has 2 aromatic rings. The molecule has 9 heteroatoms. The number of benzene rings is 2. The van der Waals surface area contributed by atoms with Crippen molar-refractivity contribution in [1.29, 1.82) is 0 Å². The smallest absolute Gasteiger partial charge is 0.251 e. The number of nitrogens with one attached hydrogen (secondary N) is 2. The fourth-order valence-electron chi connectivity index (χ4n) is 4.37. The third kappa shape index (κ3) is 4.79. The highest BCUT2D eigenvalue weighted by atomic mass is 32.2. The molecular formula is C24H27N3O5S. The Kier molecular flexibility index (Phi) is 6.53. The number of ether oxygens (including phenoxy) is 1. The Morgan fingerprint density at radius 2 is 1.79 bits per heavy atom. The summed E-state index contributed by atoms with van der Waals surface area (Å²) in [7, 11) is -2.04. The monoisotopic (exact) mass is 469 g/mol. The molecule has 174 valence electrons. The number of fused-ring (bicyclic) bond motifs is 1. The van der Waals surface area contributed by atoms with Gasteiger partial charge in [0.15, 0.2) is 0 Å². The molecule has 1 aliphatic carbocycles. The van der Waals surface area contributed by atoms with Crippen LogP contribution in [0.25, 0.3) is 0 Å². The molecule has 1 heterocycles. The number of amides is 2. The predicted octanol–water partition coefficient (Wildman–Crippen LogP) is 1.59. The summed E-state index contributed by atoms with van der Waals surface area (Å²) < 4.78 is 32.7. The van der Waals surface area contributed by atoms with E-state index in [0.717, 1.165) is 11.3 Å². The quantitative estimate of drug-likeness (QED) is 0.543. The maximum absolute atomic E-state index is 13.0. The number of carbonyl (C=O) groups is 2. The molecule has 2 aromatic carbocycles.